The minimum Gasteiger partial charge on any atom is -0.395 e. The molecule has 0 saturated heterocycles. The second-order valence-electron chi connectivity index (χ2n) is 3.98. The molecule has 16 heavy (non-hydrogen) atoms. The van der Waals surface area contributed by atoms with Crippen LogP contribution in [-0.2, 0) is 5.41 Å². The zero-order valence-electron chi connectivity index (χ0n) is 8.24. The standard InChI is InChI=1S/C10H9F2NO3/c11-7-3-6(10(5-14)1-2-10)9(13(15)16)4-8(7)12/h3-4,14H,1-2,5H2. The first-order chi connectivity index (χ1) is 7.50. The topological polar surface area (TPSA) is 63.4 Å². The average molecular weight is 229 g/mol. The first kappa shape index (κ1) is 10.9. The van der Waals surface area contributed by atoms with E-state index in [-0.39, 0.29) is 12.2 Å². The molecular formula is C10H9F2NO3. The van der Waals surface area contributed by atoms with Crippen molar-refractivity contribution in [1.82, 2.24) is 0 Å². The molecule has 1 N–H and O–H groups in total. The Morgan fingerprint density at radius 1 is 1.38 bits per heavy atom. The third-order valence-electron chi connectivity index (χ3n) is 2.96. The van der Waals surface area contributed by atoms with Gasteiger partial charge in [-0.3, -0.25) is 10.1 Å². The van der Waals surface area contributed by atoms with Crippen LogP contribution in [0.25, 0.3) is 0 Å². The minimum atomic E-state index is -1.25. The number of benzene rings is 1. The highest BCUT2D eigenvalue weighted by atomic mass is 19.2. The van der Waals surface area contributed by atoms with E-state index < -0.39 is 27.7 Å². The molecule has 1 aliphatic rings. The minimum absolute atomic E-state index is 0.0823. The predicted octanol–water partition coefficient (Wildman–Crippen LogP) is 1.90. The van der Waals surface area contributed by atoms with Crippen LogP contribution in [0.15, 0.2) is 12.1 Å². The third-order valence-corrected chi connectivity index (χ3v) is 2.96. The fourth-order valence-electron chi connectivity index (χ4n) is 1.78. The Kier molecular flexibility index (Phi) is 2.38. The number of nitro groups is 1. The van der Waals surface area contributed by atoms with Crippen LogP contribution in [-0.4, -0.2) is 16.6 Å². The van der Waals surface area contributed by atoms with Crippen molar-refractivity contribution in [2.45, 2.75) is 18.3 Å². The molecule has 1 saturated carbocycles. The predicted molar refractivity (Wildman–Crippen MR) is 51.0 cm³/mol. The number of aliphatic hydroxyl groups is 1. The molecule has 0 heterocycles. The zero-order chi connectivity index (χ0) is 11.9. The van der Waals surface area contributed by atoms with E-state index in [1.54, 1.807) is 0 Å². The molecule has 86 valence electrons. The van der Waals surface area contributed by atoms with Gasteiger partial charge in [-0.1, -0.05) is 0 Å². The number of halogens is 2. The summed E-state index contributed by atoms with van der Waals surface area (Å²) >= 11 is 0. The number of aliphatic hydroxyl groups excluding tert-OH is 1. The van der Waals surface area contributed by atoms with E-state index in [1.165, 1.54) is 0 Å². The molecule has 6 heteroatoms. The van der Waals surface area contributed by atoms with Gasteiger partial charge in [-0.2, -0.15) is 0 Å². The summed E-state index contributed by atoms with van der Waals surface area (Å²) in [6, 6.07) is 1.39. The van der Waals surface area contributed by atoms with Crippen molar-refractivity contribution in [3.05, 3.63) is 39.4 Å². The van der Waals surface area contributed by atoms with Crippen LogP contribution in [0.3, 0.4) is 0 Å². The maximum atomic E-state index is 13.0. The molecule has 0 bridgehead atoms. The highest BCUT2D eigenvalue weighted by Crippen LogP contribution is 2.51. The smallest absolute Gasteiger partial charge is 0.276 e. The maximum Gasteiger partial charge on any atom is 0.276 e. The van der Waals surface area contributed by atoms with E-state index in [9.17, 15) is 18.9 Å². The Labute approximate surface area is 89.7 Å². The monoisotopic (exact) mass is 229 g/mol. The van der Waals surface area contributed by atoms with E-state index in [0.29, 0.717) is 18.9 Å². The lowest BCUT2D eigenvalue weighted by Crippen LogP contribution is -2.15. The lowest BCUT2D eigenvalue weighted by molar-refractivity contribution is -0.386. The molecule has 1 aromatic carbocycles. The van der Waals surface area contributed by atoms with Gasteiger partial charge in [-0.25, -0.2) is 8.78 Å². The average Bonchev–Trinajstić information content (AvgIpc) is 3.02. The number of hydrogen-bond acceptors (Lipinski definition) is 3. The zero-order valence-corrected chi connectivity index (χ0v) is 8.24. The fraction of sp³-hybridized carbons (Fsp3) is 0.400. The summed E-state index contributed by atoms with van der Waals surface area (Å²) in [6.07, 6.45) is 1.10. The van der Waals surface area contributed by atoms with Gasteiger partial charge >= 0.3 is 0 Å². The molecule has 2 rings (SSSR count). The summed E-state index contributed by atoms with van der Waals surface area (Å²) in [5.74, 6) is -2.37. The van der Waals surface area contributed by atoms with Crippen LogP contribution < -0.4 is 0 Å². The van der Waals surface area contributed by atoms with Gasteiger partial charge in [-0.05, 0) is 18.9 Å². The van der Waals surface area contributed by atoms with Crippen molar-refractivity contribution < 1.29 is 18.8 Å². The van der Waals surface area contributed by atoms with Gasteiger partial charge in [0.25, 0.3) is 5.69 Å². The first-order valence-electron chi connectivity index (χ1n) is 4.75. The van der Waals surface area contributed by atoms with Crippen molar-refractivity contribution in [1.29, 1.82) is 0 Å². The Hall–Kier alpha value is -1.56. The normalized spacial score (nSPS) is 17.2. The molecule has 1 fully saturated rings. The van der Waals surface area contributed by atoms with Crippen molar-refractivity contribution in [2.75, 3.05) is 6.61 Å². The Morgan fingerprint density at radius 2 is 1.94 bits per heavy atom. The van der Waals surface area contributed by atoms with Gasteiger partial charge in [-0.15, -0.1) is 0 Å². The molecule has 1 aliphatic carbocycles. The van der Waals surface area contributed by atoms with Crippen LogP contribution >= 0.6 is 0 Å². The number of nitro benzene ring substituents is 1. The van der Waals surface area contributed by atoms with Gasteiger partial charge in [0.05, 0.1) is 17.6 Å². The Bertz CT molecular complexity index is 458. The summed E-state index contributed by atoms with van der Waals surface area (Å²) in [5, 5.41) is 19.8. The second kappa shape index (κ2) is 3.48. The molecule has 0 unspecified atom stereocenters. The summed E-state index contributed by atoms with van der Waals surface area (Å²) < 4.78 is 25.9. The van der Waals surface area contributed by atoms with Crippen molar-refractivity contribution in [2.24, 2.45) is 0 Å². The Morgan fingerprint density at radius 3 is 2.38 bits per heavy atom. The highest BCUT2D eigenvalue weighted by molar-refractivity contribution is 5.49. The molecule has 0 amide bonds. The molecule has 4 nitrogen and oxygen atoms in total. The van der Waals surface area contributed by atoms with Gasteiger partial charge in [0.2, 0.25) is 0 Å². The summed E-state index contributed by atoms with van der Waals surface area (Å²) in [5.41, 5.74) is -1.14. The van der Waals surface area contributed by atoms with Gasteiger partial charge < -0.3 is 5.11 Å². The highest BCUT2D eigenvalue weighted by Gasteiger charge is 2.48. The van der Waals surface area contributed by atoms with E-state index in [1.807, 2.05) is 0 Å². The second-order valence-corrected chi connectivity index (χ2v) is 3.98. The van der Waals surface area contributed by atoms with E-state index in [2.05, 4.69) is 0 Å². The summed E-state index contributed by atoms with van der Waals surface area (Å²) in [4.78, 5) is 9.95. The van der Waals surface area contributed by atoms with Crippen molar-refractivity contribution in [3.63, 3.8) is 0 Å². The third kappa shape index (κ3) is 1.55. The molecule has 0 aromatic heterocycles. The van der Waals surface area contributed by atoms with Crippen LogP contribution in [0.4, 0.5) is 14.5 Å². The first-order valence-corrected chi connectivity index (χ1v) is 4.75. The quantitative estimate of drug-likeness (QED) is 0.636. The van der Waals surface area contributed by atoms with Crippen LogP contribution in [0.1, 0.15) is 18.4 Å². The van der Waals surface area contributed by atoms with Gasteiger partial charge in [0, 0.05) is 11.0 Å². The Balaban J connectivity index is 2.59. The van der Waals surface area contributed by atoms with Crippen LogP contribution in [0.2, 0.25) is 0 Å². The van der Waals surface area contributed by atoms with Crippen molar-refractivity contribution in [3.8, 4) is 0 Å². The van der Waals surface area contributed by atoms with E-state index in [0.717, 1.165) is 6.07 Å². The maximum absolute atomic E-state index is 13.0. The van der Waals surface area contributed by atoms with Crippen LogP contribution in [0, 0.1) is 21.7 Å². The summed E-state index contributed by atoms with van der Waals surface area (Å²) in [7, 11) is 0. The van der Waals surface area contributed by atoms with Crippen molar-refractivity contribution >= 4 is 5.69 Å². The molecule has 0 atom stereocenters. The largest absolute Gasteiger partial charge is 0.395 e. The fourth-order valence-corrected chi connectivity index (χ4v) is 1.78. The lowest BCUT2D eigenvalue weighted by Gasteiger charge is -2.12. The number of hydrogen-bond donors (Lipinski definition) is 1. The van der Waals surface area contributed by atoms with Gasteiger partial charge in [0.1, 0.15) is 0 Å². The van der Waals surface area contributed by atoms with Gasteiger partial charge in [0.15, 0.2) is 11.6 Å². The SMILES string of the molecule is O=[N+]([O-])c1cc(F)c(F)cc1C1(CO)CC1. The molecular weight excluding hydrogens is 220 g/mol. The molecule has 0 spiro atoms. The molecule has 0 radical (unpaired) electrons. The van der Waals surface area contributed by atoms with E-state index >= 15 is 0 Å². The lowest BCUT2D eigenvalue weighted by atomic mass is 9.95. The van der Waals surface area contributed by atoms with Crippen LogP contribution in [0.5, 0.6) is 0 Å². The summed E-state index contributed by atoms with van der Waals surface area (Å²) in [6.45, 7) is -0.293. The number of rotatable bonds is 3. The molecule has 1 aromatic rings. The molecule has 0 aliphatic heterocycles. The van der Waals surface area contributed by atoms with E-state index in [4.69, 9.17) is 5.11 Å². The number of nitrogens with zero attached hydrogens (tertiary/aromatic N) is 1.